The minimum absolute atomic E-state index is 0.209. The molecule has 0 spiro atoms. The molecule has 1 fully saturated rings. The predicted octanol–water partition coefficient (Wildman–Crippen LogP) is 4.09. The highest BCUT2D eigenvalue weighted by atomic mass is 79.9. The fourth-order valence-corrected chi connectivity index (χ4v) is 3.39. The first-order valence-electron chi connectivity index (χ1n) is 7.43. The number of aromatic nitrogens is 1. The molecule has 1 aromatic rings. The summed E-state index contributed by atoms with van der Waals surface area (Å²) in [7, 11) is 0. The first kappa shape index (κ1) is 15.6. The highest BCUT2D eigenvalue weighted by Crippen LogP contribution is 2.32. The lowest BCUT2D eigenvalue weighted by molar-refractivity contribution is -0.145. The van der Waals surface area contributed by atoms with Crippen LogP contribution in [0, 0.1) is 0 Å². The Balaban J connectivity index is 2.13. The molecule has 110 valence electrons. The summed E-state index contributed by atoms with van der Waals surface area (Å²) < 4.78 is 6.84. The quantitative estimate of drug-likeness (QED) is 0.758. The van der Waals surface area contributed by atoms with E-state index in [1.165, 1.54) is 12.8 Å². The van der Waals surface area contributed by atoms with Gasteiger partial charge < -0.3 is 4.74 Å². The van der Waals surface area contributed by atoms with E-state index >= 15 is 0 Å². The molecular weight excluding hydrogens is 318 g/mol. The molecule has 2 rings (SSSR count). The lowest BCUT2D eigenvalue weighted by atomic mass is 9.86. The predicted molar refractivity (Wildman–Crippen MR) is 82.7 cm³/mol. The van der Waals surface area contributed by atoms with Gasteiger partial charge in [-0.25, -0.2) is 0 Å². The molecule has 3 nitrogen and oxygen atoms in total. The van der Waals surface area contributed by atoms with Crippen LogP contribution in [0.2, 0.25) is 0 Å². The number of carbonyl (C=O) groups excluding carboxylic acids is 1. The maximum atomic E-state index is 12.8. The number of rotatable bonds is 5. The van der Waals surface area contributed by atoms with Gasteiger partial charge in [0.25, 0.3) is 0 Å². The average Bonchev–Trinajstić information content (AvgIpc) is 2.66. The van der Waals surface area contributed by atoms with E-state index in [2.05, 4.69) is 20.9 Å². The third-order valence-electron chi connectivity index (χ3n) is 3.97. The summed E-state index contributed by atoms with van der Waals surface area (Å²) in [5, 5.41) is 0. The summed E-state index contributed by atoms with van der Waals surface area (Å²) in [4.78, 5) is 16.9. The molecule has 0 aromatic carbocycles. The van der Waals surface area contributed by atoms with Crippen LogP contribution in [0.1, 0.15) is 51.0 Å². The van der Waals surface area contributed by atoms with Crippen LogP contribution in [0.25, 0.3) is 0 Å². The van der Waals surface area contributed by atoms with Gasteiger partial charge in [0.2, 0.25) is 0 Å². The van der Waals surface area contributed by atoms with Crippen molar-refractivity contribution in [2.75, 3.05) is 6.61 Å². The summed E-state index contributed by atoms with van der Waals surface area (Å²) in [6.07, 6.45) is 10.2. The summed E-state index contributed by atoms with van der Waals surface area (Å²) in [5.41, 5.74) is 0.390. The molecule has 0 atom stereocenters. The molecule has 1 saturated carbocycles. The second-order valence-electron chi connectivity index (χ2n) is 5.45. The lowest BCUT2D eigenvalue weighted by Gasteiger charge is -2.31. The van der Waals surface area contributed by atoms with Crippen LogP contribution in [-0.2, 0) is 16.0 Å². The number of ketones is 1. The van der Waals surface area contributed by atoms with Gasteiger partial charge in [-0.1, -0.05) is 25.7 Å². The Bertz CT molecular complexity index is 454. The lowest BCUT2D eigenvalue weighted by Crippen LogP contribution is -2.42. The van der Waals surface area contributed by atoms with Crippen molar-refractivity contribution in [2.24, 2.45) is 0 Å². The fourth-order valence-electron chi connectivity index (χ4n) is 2.98. The zero-order valence-electron chi connectivity index (χ0n) is 12.0. The van der Waals surface area contributed by atoms with Gasteiger partial charge in [-0.2, -0.15) is 0 Å². The SMILES string of the molecule is CCOC1(C(=O)Cc2cncc(Br)c2)CCCCCC1. The zero-order chi connectivity index (χ0) is 14.4. The molecule has 1 aliphatic rings. The number of hydrogen-bond acceptors (Lipinski definition) is 3. The summed E-state index contributed by atoms with van der Waals surface area (Å²) in [5.74, 6) is 0.209. The molecule has 0 amide bonds. The summed E-state index contributed by atoms with van der Waals surface area (Å²) in [6, 6.07) is 1.96. The van der Waals surface area contributed by atoms with Gasteiger partial charge in [-0.05, 0) is 47.3 Å². The molecule has 1 aliphatic carbocycles. The number of nitrogens with zero attached hydrogens (tertiary/aromatic N) is 1. The van der Waals surface area contributed by atoms with Gasteiger partial charge in [0.15, 0.2) is 5.78 Å². The van der Waals surface area contributed by atoms with Crippen LogP contribution in [0.5, 0.6) is 0 Å². The molecule has 0 unspecified atom stereocenters. The summed E-state index contributed by atoms with van der Waals surface area (Å²) in [6.45, 7) is 2.57. The molecule has 1 aromatic heterocycles. The van der Waals surface area contributed by atoms with Crippen molar-refractivity contribution in [3.63, 3.8) is 0 Å². The van der Waals surface area contributed by atoms with Crippen LogP contribution in [0.4, 0.5) is 0 Å². The third kappa shape index (κ3) is 3.89. The minimum atomic E-state index is -0.562. The van der Waals surface area contributed by atoms with Crippen molar-refractivity contribution in [3.05, 3.63) is 28.5 Å². The van der Waals surface area contributed by atoms with Gasteiger partial charge in [0.05, 0.1) is 0 Å². The molecule has 0 saturated heterocycles. The molecular formula is C16H22BrNO2. The van der Waals surface area contributed by atoms with Gasteiger partial charge in [0, 0.05) is 29.9 Å². The Morgan fingerprint density at radius 2 is 2.00 bits per heavy atom. The highest BCUT2D eigenvalue weighted by Gasteiger charge is 2.38. The monoisotopic (exact) mass is 339 g/mol. The maximum absolute atomic E-state index is 12.8. The van der Waals surface area contributed by atoms with E-state index < -0.39 is 5.60 Å². The number of pyridine rings is 1. The molecule has 0 radical (unpaired) electrons. The number of halogens is 1. The van der Waals surface area contributed by atoms with E-state index in [9.17, 15) is 4.79 Å². The Morgan fingerprint density at radius 1 is 1.30 bits per heavy atom. The molecule has 0 bridgehead atoms. The van der Waals surface area contributed by atoms with E-state index in [-0.39, 0.29) is 5.78 Å². The van der Waals surface area contributed by atoms with Gasteiger partial charge >= 0.3 is 0 Å². The van der Waals surface area contributed by atoms with Crippen molar-refractivity contribution in [1.29, 1.82) is 0 Å². The highest BCUT2D eigenvalue weighted by molar-refractivity contribution is 9.10. The number of ether oxygens (including phenoxy) is 1. The molecule has 1 heterocycles. The third-order valence-corrected chi connectivity index (χ3v) is 4.40. The van der Waals surface area contributed by atoms with Gasteiger partial charge in [-0.15, -0.1) is 0 Å². The van der Waals surface area contributed by atoms with Crippen molar-refractivity contribution >= 4 is 21.7 Å². The second kappa shape index (κ2) is 7.32. The number of carbonyl (C=O) groups is 1. The van der Waals surface area contributed by atoms with Gasteiger partial charge in [0.1, 0.15) is 5.60 Å². The topological polar surface area (TPSA) is 39.2 Å². The average molecular weight is 340 g/mol. The maximum Gasteiger partial charge on any atom is 0.169 e. The van der Waals surface area contributed by atoms with Gasteiger partial charge in [-0.3, -0.25) is 9.78 Å². The Labute approximate surface area is 129 Å². The first-order chi connectivity index (χ1) is 9.66. The van der Waals surface area contributed by atoms with Crippen LogP contribution in [0.15, 0.2) is 22.9 Å². The number of Topliss-reactive ketones (excluding diaryl/α,β-unsaturated/α-hetero) is 1. The minimum Gasteiger partial charge on any atom is -0.367 e. The zero-order valence-corrected chi connectivity index (χ0v) is 13.6. The van der Waals surface area contributed by atoms with Crippen molar-refractivity contribution < 1.29 is 9.53 Å². The van der Waals surface area contributed by atoms with Crippen molar-refractivity contribution in [3.8, 4) is 0 Å². The van der Waals surface area contributed by atoms with Crippen LogP contribution >= 0.6 is 15.9 Å². The largest absolute Gasteiger partial charge is 0.367 e. The van der Waals surface area contributed by atoms with E-state index in [1.807, 2.05) is 13.0 Å². The molecule has 20 heavy (non-hydrogen) atoms. The standard InChI is InChI=1S/C16H22BrNO2/c1-2-20-16(7-5-3-4-6-8-16)15(19)10-13-9-14(17)12-18-11-13/h9,11-12H,2-8,10H2,1H3. The van der Waals surface area contributed by atoms with E-state index in [0.717, 1.165) is 35.7 Å². The first-order valence-corrected chi connectivity index (χ1v) is 8.22. The number of hydrogen-bond donors (Lipinski definition) is 0. The van der Waals surface area contributed by atoms with E-state index in [0.29, 0.717) is 13.0 Å². The van der Waals surface area contributed by atoms with Crippen LogP contribution < -0.4 is 0 Å². The second-order valence-corrected chi connectivity index (χ2v) is 6.37. The van der Waals surface area contributed by atoms with Crippen molar-refractivity contribution in [1.82, 2.24) is 4.98 Å². The van der Waals surface area contributed by atoms with Crippen LogP contribution in [0.3, 0.4) is 0 Å². The fraction of sp³-hybridized carbons (Fsp3) is 0.625. The molecule has 0 N–H and O–H groups in total. The molecule has 4 heteroatoms. The van der Waals surface area contributed by atoms with Crippen LogP contribution in [-0.4, -0.2) is 23.0 Å². The Morgan fingerprint density at radius 3 is 2.60 bits per heavy atom. The van der Waals surface area contributed by atoms with E-state index in [4.69, 9.17) is 4.74 Å². The smallest absolute Gasteiger partial charge is 0.169 e. The van der Waals surface area contributed by atoms with Crippen molar-refractivity contribution in [2.45, 2.75) is 57.5 Å². The Hall–Kier alpha value is -0.740. The Kier molecular flexibility index (Phi) is 5.73. The molecule has 0 aliphatic heterocycles. The normalized spacial score (nSPS) is 18.5. The summed E-state index contributed by atoms with van der Waals surface area (Å²) >= 11 is 3.40. The van der Waals surface area contributed by atoms with E-state index in [1.54, 1.807) is 12.4 Å².